The maximum absolute atomic E-state index is 12.4. The third kappa shape index (κ3) is 10.7. The van der Waals surface area contributed by atoms with Crippen molar-refractivity contribution in [1.82, 2.24) is 15.1 Å². The minimum absolute atomic E-state index is 0.248. The van der Waals surface area contributed by atoms with Crippen LogP contribution in [0.4, 0.5) is 8.78 Å². The van der Waals surface area contributed by atoms with Gasteiger partial charge in [-0.15, -0.1) is 0 Å². The topological polar surface area (TPSA) is 52.7 Å². The number of likely N-dealkylation sites (tertiary alicyclic amines) is 2. The van der Waals surface area contributed by atoms with Gasteiger partial charge in [-0.2, -0.15) is 0 Å². The Morgan fingerprint density at radius 2 is 1.54 bits per heavy atom. The van der Waals surface area contributed by atoms with Gasteiger partial charge in [0.15, 0.2) is 0 Å². The third-order valence-electron chi connectivity index (χ3n) is 7.81. The van der Waals surface area contributed by atoms with Crippen LogP contribution < -0.4 is 5.32 Å². The van der Waals surface area contributed by atoms with Gasteiger partial charge < -0.3 is 15.1 Å². The first-order valence-corrected chi connectivity index (χ1v) is 14.5. The molecule has 1 atom stereocenters. The number of amides is 2. The van der Waals surface area contributed by atoms with Crippen LogP contribution in [0.1, 0.15) is 91.4 Å². The van der Waals surface area contributed by atoms with E-state index in [-0.39, 0.29) is 11.9 Å². The van der Waals surface area contributed by atoms with E-state index >= 15 is 0 Å². The first kappa shape index (κ1) is 31.2. The number of hydrogen-bond acceptors (Lipinski definition) is 3. The summed E-state index contributed by atoms with van der Waals surface area (Å²) in [6.07, 6.45) is 9.74. The highest BCUT2D eigenvalue weighted by molar-refractivity contribution is 5.76. The average molecular weight is 522 g/mol. The molecule has 2 aliphatic heterocycles. The van der Waals surface area contributed by atoms with Gasteiger partial charge in [-0.05, 0) is 71.1 Å². The van der Waals surface area contributed by atoms with E-state index in [0.29, 0.717) is 30.8 Å². The fourth-order valence-electron chi connectivity index (χ4n) is 5.36. The monoisotopic (exact) mass is 521 g/mol. The van der Waals surface area contributed by atoms with E-state index in [1.54, 1.807) is 0 Å². The average Bonchev–Trinajstić information content (AvgIpc) is 3.28. The fourth-order valence-corrected chi connectivity index (χ4v) is 5.36. The molecule has 5 nitrogen and oxygen atoms in total. The van der Waals surface area contributed by atoms with Crippen molar-refractivity contribution in [2.24, 2.45) is 5.92 Å². The molecule has 0 radical (unpaired) electrons. The molecule has 2 aliphatic carbocycles. The van der Waals surface area contributed by atoms with Crippen LogP contribution in [0, 0.1) is 5.92 Å². The molecule has 2 saturated carbocycles. The highest BCUT2D eigenvalue weighted by atomic mass is 19.3. The summed E-state index contributed by atoms with van der Waals surface area (Å²) in [5, 5.41) is 3.39. The minimum Gasteiger partial charge on any atom is -0.343 e. The van der Waals surface area contributed by atoms with Crippen molar-refractivity contribution in [3.63, 3.8) is 0 Å². The lowest BCUT2D eigenvalue weighted by atomic mass is 9.80. The normalized spacial score (nSPS) is 23.5. The molecule has 4 aliphatic rings. The van der Waals surface area contributed by atoms with Crippen molar-refractivity contribution in [1.29, 1.82) is 0 Å². The molecule has 1 unspecified atom stereocenters. The second kappa shape index (κ2) is 16.7. The maximum Gasteiger partial charge on any atom is 0.241 e. The van der Waals surface area contributed by atoms with Gasteiger partial charge >= 0.3 is 0 Å². The summed E-state index contributed by atoms with van der Waals surface area (Å²) in [5.74, 6) is -0.132. The van der Waals surface area contributed by atoms with Crippen LogP contribution in [-0.2, 0) is 9.59 Å². The Morgan fingerprint density at radius 3 is 2.00 bits per heavy atom. The van der Waals surface area contributed by atoms with Gasteiger partial charge in [-0.1, -0.05) is 50.2 Å². The van der Waals surface area contributed by atoms with Gasteiger partial charge in [-0.3, -0.25) is 9.59 Å². The van der Waals surface area contributed by atoms with E-state index in [1.165, 1.54) is 25.7 Å². The van der Waals surface area contributed by atoms with Gasteiger partial charge in [0.05, 0.1) is 0 Å². The highest BCUT2D eigenvalue weighted by Gasteiger charge is 2.50. The van der Waals surface area contributed by atoms with Crippen LogP contribution in [0.2, 0.25) is 0 Å². The van der Waals surface area contributed by atoms with Gasteiger partial charge in [-0.25, -0.2) is 8.78 Å². The number of nitrogens with one attached hydrogen (secondary N) is 1. The van der Waals surface area contributed by atoms with Crippen molar-refractivity contribution in [2.75, 3.05) is 19.6 Å². The quantitative estimate of drug-likeness (QED) is 0.409. The Hall–Kier alpha value is -2.02. The van der Waals surface area contributed by atoms with Crippen LogP contribution in [0.25, 0.3) is 0 Å². The summed E-state index contributed by atoms with van der Waals surface area (Å²) in [6.45, 7) is 8.92. The number of carbonyl (C=O) groups excluding carboxylic acids is 2. The van der Waals surface area contributed by atoms with E-state index in [2.05, 4.69) is 12.2 Å². The smallest absolute Gasteiger partial charge is 0.241 e. The van der Waals surface area contributed by atoms with E-state index < -0.39 is 12.3 Å². The largest absolute Gasteiger partial charge is 0.343 e. The van der Waals surface area contributed by atoms with Crippen LogP contribution >= 0.6 is 0 Å². The van der Waals surface area contributed by atoms with Gasteiger partial charge in [0.1, 0.15) is 0 Å². The summed E-state index contributed by atoms with van der Waals surface area (Å²) >= 11 is 0. The van der Waals surface area contributed by atoms with Gasteiger partial charge in [0.2, 0.25) is 18.7 Å². The van der Waals surface area contributed by atoms with E-state index in [9.17, 15) is 18.4 Å². The molecule has 1 aromatic carbocycles. The zero-order chi connectivity index (χ0) is 27.1. The molecule has 2 amide bonds. The van der Waals surface area contributed by atoms with Crippen molar-refractivity contribution in [3.8, 4) is 0 Å². The number of rotatable bonds is 8. The highest BCUT2D eigenvalue weighted by Crippen LogP contribution is 2.48. The molecule has 4 fully saturated rings. The first-order valence-electron chi connectivity index (χ1n) is 14.5. The van der Waals surface area contributed by atoms with Crippen LogP contribution in [-0.4, -0.2) is 65.8 Å². The third-order valence-corrected chi connectivity index (χ3v) is 7.81. The number of nitrogens with zero attached hydrogens (tertiary/aromatic N) is 2. The summed E-state index contributed by atoms with van der Waals surface area (Å²) in [7, 11) is 0. The molecule has 0 bridgehead atoms. The minimum atomic E-state index is -2.17. The van der Waals surface area contributed by atoms with Crippen molar-refractivity contribution < 1.29 is 18.4 Å². The molecule has 1 N–H and O–H groups in total. The molecule has 7 heteroatoms. The summed E-state index contributed by atoms with van der Waals surface area (Å²) in [6, 6.07) is 12.6. The Bertz CT molecular complexity index is 722. The van der Waals surface area contributed by atoms with Crippen LogP contribution in [0.15, 0.2) is 36.4 Å². The molecule has 210 valence electrons. The lowest BCUT2D eigenvalue weighted by Crippen LogP contribution is -2.47. The van der Waals surface area contributed by atoms with Crippen molar-refractivity contribution >= 4 is 12.3 Å². The standard InChI is InChI=1S/C15H26F2N2O.C7H11NO.C6H6.C2H6/c1-11(18-13-9-12(10-13)15(16)17)5-4-6-14(20)19-7-2-3-8-19;9-6-8-5-1-2-7(8)3-4-7;1-2-4-6-5-3-1;1-2/h11-13,15,18H,2-10H2,1H3;6H,1-5H2;1-6H;1-2H3. The predicted molar refractivity (Wildman–Crippen MR) is 147 cm³/mol. The predicted octanol–water partition coefficient (Wildman–Crippen LogP) is 6.28. The Morgan fingerprint density at radius 1 is 0.973 bits per heavy atom. The van der Waals surface area contributed by atoms with Gasteiger partial charge in [0.25, 0.3) is 0 Å². The van der Waals surface area contributed by atoms with E-state index in [1.807, 2.05) is 60.0 Å². The molecule has 5 rings (SSSR count). The zero-order valence-corrected chi connectivity index (χ0v) is 23.2. The number of benzene rings is 1. The Labute approximate surface area is 223 Å². The maximum atomic E-state index is 12.4. The molecular weight excluding hydrogens is 472 g/mol. The molecule has 37 heavy (non-hydrogen) atoms. The number of hydrogen-bond donors (Lipinski definition) is 1. The first-order chi connectivity index (χ1) is 17.9. The van der Waals surface area contributed by atoms with Crippen LogP contribution in [0.3, 0.4) is 0 Å². The van der Waals surface area contributed by atoms with Crippen molar-refractivity contribution in [2.45, 2.75) is 115 Å². The second-order valence-electron chi connectivity index (χ2n) is 10.6. The number of alkyl halides is 2. The SMILES string of the molecule is CC.CC(CCCC(=O)N1CCCC1)NC1CC(C(F)F)C1.O=CN1CCCC12CC2.c1ccccc1. The molecule has 2 heterocycles. The molecule has 2 saturated heterocycles. The van der Waals surface area contributed by atoms with Crippen LogP contribution in [0.5, 0.6) is 0 Å². The Balaban J connectivity index is 0.000000230. The number of halogens is 2. The van der Waals surface area contributed by atoms with E-state index in [0.717, 1.165) is 51.7 Å². The number of carbonyl (C=O) groups is 2. The fraction of sp³-hybridized carbons (Fsp3) is 0.733. The van der Waals surface area contributed by atoms with E-state index in [4.69, 9.17) is 0 Å². The molecular formula is C30H49F2N3O2. The lowest BCUT2D eigenvalue weighted by molar-refractivity contribution is -0.130. The molecule has 1 aromatic rings. The summed E-state index contributed by atoms with van der Waals surface area (Å²) < 4.78 is 24.7. The molecule has 0 aromatic heterocycles. The van der Waals surface area contributed by atoms with Gasteiger partial charge in [0, 0.05) is 49.6 Å². The summed E-state index contributed by atoms with van der Waals surface area (Å²) in [5.41, 5.74) is 0.377. The lowest BCUT2D eigenvalue weighted by Gasteiger charge is -2.37. The zero-order valence-electron chi connectivity index (χ0n) is 23.2. The second-order valence-corrected chi connectivity index (χ2v) is 10.6. The van der Waals surface area contributed by atoms with Crippen molar-refractivity contribution in [3.05, 3.63) is 36.4 Å². The summed E-state index contributed by atoms with van der Waals surface area (Å²) in [4.78, 5) is 26.2. The Kier molecular flexibility index (Phi) is 14.1. The molecule has 1 spiro atoms.